The van der Waals surface area contributed by atoms with Gasteiger partial charge < -0.3 is 5.11 Å². The van der Waals surface area contributed by atoms with Crippen molar-refractivity contribution >= 4 is 57.8 Å². The van der Waals surface area contributed by atoms with Gasteiger partial charge in [0, 0.05) is 8.59 Å². The van der Waals surface area contributed by atoms with Crippen molar-refractivity contribution in [2.75, 3.05) is 0 Å². The van der Waals surface area contributed by atoms with Crippen LogP contribution >= 0.6 is 46.4 Å². The molecule has 154 valence electrons. The molecule has 0 fully saturated rings. The van der Waals surface area contributed by atoms with Crippen LogP contribution in [0.15, 0.2) is 93.9 Å². The first-order valence-corrected chi connectivity index (χ1v) is 10.9. The monoisotopic (exact) mass is 560 g/mol. The zero-order chi connectivity index (χ0) is 22.0. The lowest BCUT2D eigenvalue weighted by Crippen LogP contribution is -2.23. The molecule has 1 aromatic heterocycles. The van der Waals surface area contributed by atoms with Gasteiger partial charge in [-0.2, -0.15) is 5.11 Å². The summed E-state index contributed by atoms with van der Waals surface area (Å²) in [5.41, 5.74) is 0.826. The van der Waals surface area contributed by atoms with Gasteiger partial charge in [-0.05, 0) is 95.5 Å². The number of nitrogens with zero attached hydrogens (tertiary/aromatic N) is 4. The predicted octanol–water partition coefficient (Wildman–Crippen LogP) is 6.74. The molecule has 31 heavy (non-hydrogen) atoms. The van der Waals surface area contributed by atoms with Crippen molar-refractivity contribution in [2.24, 2.45) is 10.2 Å². The lowest BCUT2D eigenvalue weighted by molar-refractivity contribution is 0.432. The summed E-state index contributed by atoms with van der Waals surface area (Å²) in [6.07, 6.45) is 0. The van der Waals surface area contributed by atoms with E-state index in [1.54, 1.807) is 60.7 Å². The van der Waals surface area contributed by atoms with Crippen LogP contribution in [0.4, 0.5) is 11.4 Å². The number of azo groups is 1. The van der Waals surface area contributed by atoms with Gasteiger partial charge >= 0.3 is 0 Å². The normalized spacial score (nSPS) is 11.2. The van der Waals surface area contributed by atoms with Crippen molar-refractivity contribution in [1.82, 2.24) is 9.13 Å². The molecule has 0 saturated carbocycles. The lowest BCUT2D eigenvalue weighted by atomic mass is 10.3. The molecule has 9 heteroatoms. The van der Waals surface area contributed by atoms with Crippen LogP contribution < -0.4 is 5.56 Å². The van der Waals surface area contributed by atoms with Gasteiger partial charge in [0.25, 0.3) is 5.56 Å². The van der Waals surface area contributed by atoms with Crippen molar-refractivity contribution in [3.63, 3.8) is 0 Å². The van der Waals surface area contributed by atoms with Crippen LogP contribution in [0, 0.1) is 8.34 Å². The summed E-state index contributed by atoms with van der Waals surface area (Å²) < 4.78 is 3.85. The molecule has 0 radical (unpaired) electrons. The molecule has 0 atom stereocenters. The molecule has 0 unspecified atom stereocenters. The Hall–Kier alpha value is -2.82. The topological polar surface area (TPSA) is 71.9 Å². The minimum atomic E-state index is -0.576. The maximum atomic E-state index is 13.3. The molecule has 3 aromatic carbocycles. The van der Waals surface area contributed by atoms with Crippen LogP contribution in [-0.2, 0) is 0 Å². The molecule has 0 saturated heterocycles. The number of benzene rings is 3. The summed E-state index contributed by atoms with van der Waals surface area (Å²) in [5, 5.41) is 19.7. The second kappa shape index (κ2) is 9.13. The Balaban J connectivity index is 1.98. The fourth-order valence-corrected chi connectivity index (χ4v) is 3.78. The Morgan fingerprint density at radius 1 is 0.839 bits per heavy atom. The summed E-state index contributed by atoms with van der Waals surface area (Å²) in [5.74, 6) is -0.388. The summed E-state index contributed by atoms with van der Waals surface area (Å²) in [6.45, 7) is 0. The Morgan fingerprint density at radius 2 is 1.45 bits per heavy atom. The summed E-state index contributed by atoms with van der Waals surface area (Å²) in [4.78, 5) is 13.3. The molecule has 0 aliphatic heterocycles. The van der Waals surface area contributed by atoms with Crippen LogP contribution in [0.1, 0.15) is 0 Å². The minimum Gasteiger partial charge on any atom is -0.492 e. The average Bonchev–Trinajstić information content (AvgIpc) is 2.77. The fraction of sp³-hybridized carbons (Fsp3) is 0. The molecule has 1 N–H and O–H groups in total. The van der Waals surface area contributed by atoms with E-state index >= 15 is 0 Å². The van der Waals surface area contributed by atoms with E-state index in [1.807, 2.05) is 18.2 Å². The van der Waals surface area contributed by atoms with E-state index in [9.17, 15) is 9.90 Å². The Bertz CT molecular complexity index is 1380. The Labute approximate surface area is 201 Å². The molecule has 0 amide bonds. The van der Waals surface area contributed by atoms with E-state index in [-0.39, 0.29) is 16.3 Å². The molecular formula is C22H14ClIN4O2S. The number of hydrogen-bond donors (Lipinski definition) is 1. The fourth-order valence-electron chi connectivity index (χ4n) is 2.92. The van der Waals surface area contributed by atoms with E-state index < -0.39 is 5.56 Å². The van der Waals surface area contributed by atoms with Crippen molar-refractivity contribution < 1.29 is 5.11 Å². The number of aromatic hydroxyl groups is 1. The van der Waals surface area contributed by atoms with Crippen LogP contribution in [0.2, 0.25) is 5.02 Å². The van der Waals surface area contributed by atoms with Gasteiger partial charge in [-0.15, -0.1) is 5.11 Å². The molecule has 0 bridgehead atoms. The predicted molar refractivity (Wildman–Crippen MR) is 132 cm³/mol. The first-order chi connectivity index (χ1) is 15.0. The molecule has 4 rings (SSSR count). The molecule has 0 aliphatic carbocycles. The lowest BCUT2D eigenvalue weighted by Gasteiger charge is -2.16. The van der Waals surface area contributed by atoms with Gasteiger partial charge in [0.1, 0.15) is 0 Å². The maximum Gasteiger partial charge on any atom is 0.290 e. The maximum absolute atomic E-state index is 13.3. The Kier molecular flexibility index (Phi) is 6.30. The smallest absolute Gasteiger partial charge is 0.290 e. The number of hydrogen-bond acceptors (Lipinski definition) is 5. The molecule has 0 aliphatic rings. The van der Waals surface area contributed by atoms with E-state index in [1.165, 1.54) is 9.13 Å². The van der Waals surface area contributed by atoms with Gasteiger partial charge in [-0.25, -0.2) is 0 Å². The zero-order valence-electron chi connectivity index (χ0n) is 15.8. The van der Waals surface area contributed by atoms with Gasteiger partial charge in [0.05, 0.1) is 17.1 Å². The zero-order valence-corrected chi connectivity index (χ0v) is 19.5. The average molecular weight is 561 g/mol. The highest BCUT2D eigenvalue weighted by atomic mass is 127. The second-order valence-electron chi connectivity index (χ2n) is 6.42. The van der Waals surface area contributed by atoms with Crippen LogP contribution in [-0.4, -0.2) is 14.2 Å². The van der Waals surface area contributed by atoms with Gasteiger partial charge in [-0.3, -0.25) is 13.9 Å². The highest BCUT2D eigenvalue weighted by Gasteiger charge is 2.19. The number of halogens is 2. The third-order valence-electron chi connectivity index (χ3n) is 4.40. The standard InChI is InChI=1S/C22H14ClIN4O2S/c23-14-6-10-16(11-7-14)25-26-19-20(29)27(17-4-2-1-3-5-17)22(31)28(21(19)30)18-12-8-15(24)9-13-18/h1-13,30H. The SMILES string of the molecule is O=c1c(N=Nc2ccc(Cl)cc2)c(O)n(-c2ccc(I)cc2)c(=S)n1-c1ccccc1. The van der Waals surface area contributed by atoms with Gasteiger partial charge in [-0.1, -0.05) is 29.8 Å². The van der Waals surface area contributed by atoms with E-state index in [0.29, 0.717) is 22.1 Å². The highest BCUT2D eigenvalue weighted by Crippen LogP contribution is 2.29. The van der Waals surface area contributed by atoms with Gasteiger partial charge in [0.15, 0.2) is 4.77 Å². The van der Waals surface area contributed by atoms with Gasteiger partial charge in [0.2, 0.25) is 11.6 Å². The van der Waals surface area contributed by atoms with Crippen LogP contribution in [0.25, 0.3) is 11.4 Å². The number of aromatic nitrogens is 2. The van der Waals surface area contributed by atoms with E-state index in [0.717, 1.165) is 3.57 Å². The molecule has 6 nitrogen and oxygen atoms in total. The molecule has 4 aromatic rings. The van der Waals surface area contributed by atoms with E-state index in [2.05, 4.69) is 32.8 Å². The summed E-state index contributed by atoms with van der Waals surface area (Å²) in [6, 6.07) is 23.0. The molecular weight excluding hydrogens is 547 g/mol. The number of para-hydroxylation sites is 1. The van der Waals surface area contributed by atoms with E-state index in [4.69, 9.17) is 23.8 Å². The highest BCUT2D eigenvalue weighted by molar-refractivity contribution is 14.1. The molecule has 0 spiro atoms. The molecule has 1 heterocycles. The van der Waals surface area contributed by atoms with Crippen molar-refractivity contribution in [3.05, 3.63) is 103 Å². The number of rotatable bonds is 4. The van der Waals surface area contributed by atoms with Crippen molar-refractivity contribution in [3.8, 4) is 17.3 Å². The third kappa shape index (κ3) is 4.46. The largest absolute Gasteiger partial charge is 0.492 e. The quantitative estimate of drug-likeness (QED) is 0.171. The van der Waals surface area contributed by atoms with Crippen LogP contribution in [0.3, 0.4) is 0 Å². The van der Waals surface area contributed by atoms with Crippen molar-refractivity contribution in [1.29, 1.82) is 0 Å². The first-order valence-electron chi connectivity index (χ1n) is 9.05. The first kappa shape index (κ1) is 21.4. The summed E-state index contributed by atoms with van der Waals surface area (Å²) in [7, 11) is 0. The second-order valence-corrected chi connectivity index (χ2v) is 8.47. The Morgan fingerprint density at radius 3 is 2.10 bits per heavy atom. The minimum absolute atomic E-state index is 0.111. The summed E-state index contributed by atoms with van der Waals surface area (Å²) >= 11 is 13.7. The van der Waals surface area contributed by atoms with Crippen LogP contribution in [0.5, 0.6) is 5.88 Å². The van der Waals surface area contributed by atoms with Crippen molar-refractivity contribution in [2.45, 2.75) is 0 Å². The third-order valence-corrected chi connectivity index (χ3v) is 5.74.